The fraction of sp³-hybridized carbons (Fsp3) is 0.143. The maximum absolute atomic E-state index is 12.3. The molecule has 0 unspecified atom stereocenters. The molecule has 0 saturated carbocycles. The molecule has 2 aromatic carbocycles. The van der Waals surface area contributed by atoms with Crippen LogP contribution in [-0.4, -0.2) is 35.1 Å². The van der Waals surface area contributed by atoms with Gasteiger partial charge < -0.3 is 5.32 Å². The highest BCUT2D eigenvalue weighted by Gasteiger charge is 2.28. The monoisotopic (exact) mass is 410 g/mol. The van der Waals surface area contributed by atoms with Crippen molar-refractivity contribution in [3.63, 3.8) is 0 Å². The van der Waals surface area contributed by atoms with Crippen LogP contribution in [0.25, 0.3) is 6.08 Å². The minimum Gasteiger partial charge on any atom is -0.350 e. The van der Waals surface area contributed by atoms with Crippen molar-refractivity contribution in [3.8, 4) is 0 Å². The molecule has 0 atom stereocenters. The van der Waals surface area contributed by atoms with E-state index >= 15 is 0 Å². The lowest BCUT2D eigenvalue weighted by Crippen LogP contribution is -2.47. The second-order valence-electron chi connectivity index (χ2n) is 6.34. The van der Waals surface area contributed by atoms with Gasteiger partial charge in [-0.05, 0) is 29.3 Å². The van der Waals surface area contributed by atoms with Crippen LogP contribution < -0.4 is 10.6 Å². The number of rotatable bonds is 5. The summed E-state index contributed by atoms with van der Waals surface area (Å²) in [7, 11) is 0. The molecule has 0 fully saturated rings. The predicted octanol–water partition coefficient (Wildman–Crippen LogP) is 2.33. The van der Waals surface area contributed by atoms with Crippen LogP contribution in [0.15, 0.2) is 65.3 Å². The minimum absolute atomic E-state index is 0.0255. The Morgan fingerprint density at radius 1 is 1.14 bits per heavy atom. The van der Waals surface area contributed by atoms with E-state index in [1.807, 2.05) is 30.3 Å². The lowest BCUT2D eigenvalue weighted by molar-refractivity contribution is -0.131. The summed E-state index contributed by atoms with van der Waals surface area (Å²) in [6.07, 6.45) is 1.58. The van der Waals surface area contributed by atoms with Gasteiger partial charge in [-0.1, -0.05) is 54.1 Å². The molecule has 0 aliphatic carbocycles. The number of benzene rings is 2. The van der Waals surface area contributed by atoms with Gasteiger partial charge >= 0.3 is 0 Å². The summed E-state index contributed by atoms with van der Waals surface area (Å²) in [5.74, 6) is -1.20. The van der Waals surface area contributed by atoms with Gasteiger partial charge in [0.1, 0.15) is 12.2 Å². The Labute approximate surface area is 173 Å². The van der Waals surface area contributed by atoms with Crippen molar-refractivity contribution < 1.29 is 14.4 Å². The number of hydrogen-bond acceptors (Lipinski definition) is 4. The molecule has 29 heavy (non-hydrogen) atoms. The van der Waals surface area contributed by atoms with Crippen molar-refractivity contribution in [3.05, 3.63) is 76.4 Å². The molecule has 8 heteroatoms. The van der Waals surface area contributed by atoms with Crippen LogP contribution in [-0.2, 0) is 20.9 Å². The molecule has 0 bridgehead atoms. The first kappa shape index (κ1) is 20.3. The lowest BCUT2D eigenvalue weighted by atomic mass is 10.2. The highest BCUT2D eigenvalue weighted by atomic mass is 35.5. The highest BCUT2D eigenvalue weighted by molar-refractivity contribution is 6.30. The Morgan fingerprint density at radius 3 is 2.48 bits per heavy atom. The van der Waals surface area contributed by atoms with Crippen LogP contribution in [0.3, 0.4) is 0 Å². The third kappa shape index (κ3) is 5.52. The van der Waals surface area contributed by atoms with Gasteiger partial charge in [0, 0.05) is 18.5 Å². The number of carbonyl (C=O) groups excluding carboxylic acids is 3. The predicted molar refractivity (Wildman–Crippen MR) is 111 cm³/mol. The highest BCUT2D eigenvalue weighted by Crippen LogP contribution is 2.16. The number of nitrogens with one attached hydrogen (secondary N) is 2. The van der Waals surface area contributed by atoms with Crippen LogP contribution >= 0.6 is 11.6 Å². The molecule has 1 aliphatic heterocycles. The van der Waals surface area contributed by atoms with E-state index in [4.69, 9.17) is 11.6 Å². The molecule has 1 aliphatic rings. The largest absolute Gasteiger partial charge is 0.350 e. The van der Waals surface area contributed by atoms with Gasteiger partial charge in [0.05, 0.1) is 0 Å². The van der Waals surface area contributed by atoms with E-state index in [1.165, 1.54) is 6.92 Å². The Morgan fingerprint density at radius 2 is 1.83 bits per heavy atom. The van der Waals surface area contributed by atoms with E-state index in [2.05, 4.69) is 15.6 Å². The van der Waals surface area contributed by atoms with Crippen LogP contribution in [0.4, 0.5) is 0 Å². The molecule has 148 valence electrons. The van der Waals surface area contributed by atoms with Crippen molar-refractivity contribution in [2.45, 2.75) is 13.5 Å². The van der Waals surface area contributed by atoms with E-state index in [0.29, 0.717) is 11.6 Å². The van der Waals surface area contributed by atoms with Crippen molar-refractivity contribution >= 4 is 41.4 Å². The normalized spacial score (nSPS) is 14.3. The maximum atomic E-state index is 12.3. The number of nitrogens with zero attached hydrogens (tertiary/aromatic N) is 2. The molecule has 0 spiro atoms. The zero-order chi connectivity index (χ0) is 20.8. The summed E-state index contributed by atoms with van der Waals surface area (Å²) in [4.78, 5) is 41.8. The van der Waals surface area contributed by atoms with E-state index < -0.39 is 11.8 Å². The summed E-state index contributed by atoms with van der Waals surface area (Å²) in [5.41, 5.74) is 1.81. The fourth-order valence-electron chi connectivity index (χ4n) is 2.63. The molecule has 3 amide bonds. The number of carbonyl (C=O) groups is 3. The SMILES string of the molecule is CC(=O)N(CC(=O)NCc1ccccc1)C1=N/C(=C/c2ccc(Cl)cc2)C(=O)N1. The molecular formula is C21H19ClN4O3. The van der Waals surface area contributed by atoms with Gasteiger partial charge in [-0.15, -0.1) is 0 Å². The second-order valence-corrected chi connectivity index (χ2v) is 6.77. The van der Waals surface area contributed by atoms with Crippen LogP contribution in [0.2, 0.25) is 5.02 Å². The Balaban J connectivity index is 1.69. The van der Waals surface area contributed by atoms with Gasteiger partial charge in [0.15, 0.2) is 0 Å². The van der Waals surface area contributed by atoms with Gasteiger partial charge in [0.2, 0.25) is 17.8 Å². The molecule has 1 heterocycles. The van der Waals surface area contributed by atoms with Crippen molar-refractivity contribution in [1.82, 2.24) is 15.5 Å². The number of aliphatic imine (C=N–C) groups is 1. The van der Waals surface area contributed by atoms with E-state index in [-0.39, 0.29) is 24.1 Å². The van der Waals surface area contributed by atoms with E-state index in [9.17, 15) is 14.4 Å². The standard InChI is InChI=1S/C21H19ClN4O3/c1-14(27)26(13-19(28)23-12-16-5-3-2-4-6-16)21-24-18(20(29)25-21)11-15-7-9-17(22)10-8-15/h2-11H,12-13H2,1H3,(H,23,28)(H,24,25,29)/b18-11+. The van der Waals surface area contributed by atoms with E-state index in [1.54, 1.807) is 30.3 Å². The molecule has 2 aromatic rings. The van der Waals surface area contributed by atoms with Gasteiger partial charge in [-0.3, -0.25) is 24.6 Å². The zero-order valence-corrected chi connectivity index (χ0v) is 16.4. The second kappa shape index (κ2) is 9.16. The van der Waals surface area contributed by atoms with Gasteiger partial charge in [0.25, 0.3) is 5.91 Å². The number of amides is 3. The zero-order valence-electron chi connectivity index (χ0n) is 15.7. The topological polar surface area (TPSA) is 90.9 Å². The van der Waals surface area contributed by atoms with Crippen molar-refractivity contribution in [2.75, 3.05) is 6.54 Å². The molecule has 7 nitrogen and oxygen atoms in total. The average molecular weight is 411 g/mol. The van der Waals surface area contributed by atoms with Crippen LogP contribution in [0.5, 0.6) is 0 Å². The quantitative estimate of drug-likeness (QED) is 0.741. The first-order valence-corrected chi connectivity index (χ1v) is 9.26. The summed E-state index contributed by atoms with van der Waals surface area (Å²) in [5, 5.41) is 5.87. The van der Waals surface area contributed by atoms with Crippen molar-refractivity contribution in [1.29, 1.82) is 0 Å². The van der Waals surface area contributed by atoms with E-state index in [0.717, 1.165) is 16.0 Å². The maximum Gasteiger partial charge on any atom is 0.276 e. The number of guanidine groups is 1. The van der Waals surface area contributed by atoms with Crippen molar-refractivity contribution in [2.24, 2.45) is 4.99 Å². The third-order valence-electron chi connectivity index (χ3n) is 4.13. The summed E-state index contributed by atoms with van der Waals surface area (Å²) in [6, 6.07) is 16.3. The lowest BCUT2D eigenvalue weighted by Gasteiger charge is -2.19. The smallest absolute Gasteiger partial charge is 0.276 e. The average Bonchev–Trinajstić information content (AvgIpc) is 3.06. The first-order chi connectivity index (χ1) is 13.9. The molecule has 2 N–H and O–H groups in total. The summed E-state index contributed by atoms with van der Waals surface area (Å²) >= 11 is 5.86. The number of hydrogen-bond donors (Lipinski definition) is 2. The molecule has 0 aromatic heterocycles. The summed E-state index contributed by atoms with van der Waals surface area (Å²) in [6.45, 7) is 1.39. The Bertz CT molecular complexity index is 985. The molecule has 0 radical (unpaired) electrons. The molecular weight excluding hydrogens is 392 g/mol. The minimum atomic E-state index is -0.453. The summed E-state index contributed by atoms with van der Waals surface area (Å²) < 4.78 is 0. The fourth-order valence-corrected chi connectivity index (χ4v) is 2.76. The van der Waals surface area contributed by atoms with Crippen LogP contribution in [0, 0.1) is 0 Å². The number of halogens is 1. The van der Waals surface area contributed by atoms with Gasteiger partial charge in [-0.25, -0.2) is 4.99 Å². The molecule has 3 rings (SSSR count). The van der Waals surface area contributed by atoms with Crippen LogP contribution in [0.1, 0.15) is 18.1 Å². The Hall–Kier alpha value is -3.45. The van der Waals surface area contributed by atoms with Gasteiger partial charge in [-0.2, -0.15) is 0 Å². The third-order valence-corrected chi connectivity index (χ3v) is 4.38. The first-order valence-electron chi connectivity index (χ1n) is 8.88. The molecule has 0 saturated heterocycles. The Kier molecular flexibility index (Phi) is 6.41.